The van der Waals surface area contributed by atoms with Crippen molar-refractivity contribution in [3.05, 3.63) is 0 Å². The van der Waals surface area contributed by atoms with Crippen LogP contribution in [0.3, 0.4) is 0 Å². The number of aliphatic hydroxyl groups excluding tert-OH is 1. The van der Waals surface area contributed by atoms with Gasteiger partial charge >= 0.3 is 11.9 Å². The van der Waals surface area contributed by atoms with E-state index < -0.39 is 72.8 Å². The zero-order chi connectivity index (χ0) is 24.1. The Morgan fingerprint density at radius 2 is 1.42 bits per heavy atom. The van der Waals surface area contributed by atoms with Gasteiger partial charge < -0.3 is 42.7 Å². The molecule has 0 saturated heterocycles. The third-order valence-corrected chi connectivity index (χ3v) is 4.36. The minimum Gasteiger partial charge on any atom is -0.481 e. The minimum absolute atomic E-state index is 0.276. The van der Waals surface area contributed by atoms with Crippen LogP contribution in [0.2, 0.25) is 0 Å². The molecule has 0 aliphatic heterocycles. The Morgan fingerprint density at radius 1 is 0.871 bits per heavy atom. The lowest BCUT2D eigenvalue weighted by Gasteiger charge is -2.24. The fourth-order valence-electron chi connectivity index (χ4n) is 2.54. The average molecular weight is 447 g/mol. The number of hydrogen-bond donors (Lipinski definition) is 8. The summed E-state index contributed by atoms with van der Waals surface area (Å²) >= 11 is 0. The Morgan fingerprint density at radius 3 is 1.87 bits per heavy atom. The van der Waals surface area contributed by atoms with E-state index in [0.29, 0.717) is 19.4 Å². The van der Waals surface area contributed by atoms with Crippen LogP contribution < -0.4 is 27.4 Å². The van der Waals surface area contributed by atoms with Crippen LogP contribution >= 0.6 is 0 Å². The Labute approximate surface area is 179 Å². The largest absolute Gasteiger partial charge is 0.481 e. The highest BCUT2D eigenvalue weighted by Gasteiger charge is 2.31. The molecule has 0 saturated carbocycles. The van der Waals surface area contributed by atoms with Crippen LogP contribution in [-0.2, 0) is 24.0 Å². The number of carboxylic acids is 2. The molecule has 0 radical (unpaired) electrons. The predicted molar refractivity (Wildman–Crippen MR) is 108 cm³/mol. The first-order valence-corrected chi connectivity index (χ1v) is 9.86. The first kappa shape index (κ1) is 28.2. The van der Waals surface area contributed by atoms with Gasteiger partial charge in [-0.1, -0.05) is 20.3 Å². The van der Waals surface area contributed by atoms with E-state index in [9.17, 15) is 29.1 Å². The topological polar surface area (TPSA) is 234 Å². The van der Waals surface area contributed by atoms with E-state index in [1.165, 1.54) is 0 Å². The second-order valence-corrected chi connectivity index (χ2v) is 7.36. The minimum atomic E-state index is -1.56. The van der Waals surface area contributed by atoms with Gasteiger partial charge in [-0.15, -0.1) is 0 Å². The Kier molecular flexibility index (Phi) is 13.0. The highest BCUT2D eigenvalue weighted by Crippen LogP contribution is 2.04. The highest BCUT2D eigenvalue weighted by molar-refractivity contribution is 5.95. The number of rotatable bonds is 15. The maximum Gasteiger partial charge on any atom is 0.326 e. The van der Waals surface area contributed by atoms with Gasteiger partial charge in [0.15, 0.2) is 0 Å². The number of hydrogen-bond acceptors (Lipinski definition) is 8. The van der Waals surface area contributed by atoms with E-state index in [-0.39, 0.29) is 6.42 Å². The first-order chi connectivity index (χ1) is 14.4. The van der Waals surface area contributed by atoms with Gasteiger partial charge in [0.05, 0.1) is 19.1 Å². The third kappa shape index (κ3) is 10.7. The Bertz CT molecular complexity index is 642. The quantitative estimate of drug-likeness (QED) is 0.119. The van der Waals surface area contributed by atoms with Gasteiger partial charge in [-0.3, -0.25) is 19.2 Å². The lowest BCUT2D eigenvalue weighted by Crippen LogP contribution is -2.58. The molecular weight excluding hydrogens is 414 g/mol. The molecule has 0 bridgehead atoms. The van der Waals surface area contributed by atoms with E-state index in [4.69, 9.17) is 21.7 Å². The summed E-state index contributed by atoms with van der Waals surface area (Å²) in [4.78, 5) is 59.2. The van der Waals surface area contributed by atoms with Crippen LogP contribution in [0.4, 0.5) is 0 Å². The van der Waals surface area contributed by atoms with Crippen LogP contribution in [0.15, 0.2) is 0 Å². The van der Waals surface area contributed by atoms with Gasteiger partial charge in [-0.05, 0) is 25.3 Å². The molecule has 0 rings (SSSR count). The number of aliphatic carboxylic acids is 2. The summed E-state index contributed by atoms with van der Waals surface area (Å²) < 4.78 is 0. The standard InChI is InChI=1S/C18H33N5O8/c1-9(2)14(18(30)31)23-17(29)12(8-24)22-16(28)11(7-13(25)26)21-15(27)10(20)5-3-4-6-19/h9-12,14,24H,3-8,19-20H2,1-2H3,(H,21,27)(H,22,28)(H,23,29)(H,25,26)(H,30,31). The lowest BCUT2D eigenvalue weighted by atomic mass is 10.0. The molecule has 0 heterocycles. The molecule has 0 fully saturated rings. The van der Waals surface area contributed by atoms with Crippen molar-refractivity contribution in [1.29, 1.82) is 0 Å². The predicted octanol–water partition coefficient (Wildman–Crippen LogP) is -2.90. The van der Waals surface area contributed by atoms with E-state index in [0.717, 1.165) is 0 Å². The van der Waals surface area contributed by atoms with Crippen molar-refractivity contribution in [1.82, 2.24) is 16.0 Å². The third-order valence-electron chi connectivity index (χ3n) is 4.36. The van der Waals surface area contributed by atoms with Gasteiger partial charge in [-0.25, -0.2) is 4.79 Å². The fraction of sp³-hybridized carbons (Fsp3) is 0.722. The molecule has 0 aromatic heterocycles. The molecular formula is C18H33N5O8. The SMILES string of the molecule is CC(C)C(NC(=O)C(CO)NC(=O)C(CC(=O)O)NC(=O)C(N)CCCCN)C(=O)O. The van der Waals surface area contributed by atoms with Crippen LogP contribution in [0, 0.1) is 5.92 Å². The monoisotopic (exact) mass is 447 g/mol. The molecule has 3 amide bonds. The van der Waals surface area contributed by atoms with E-state index >= 15 is 0 Å². The zero-order valence-electron chi connectivity index (χ0n) is 17.7. The normalized spacial score (nSPS) is 14.8. The van der Waals surface area contributed by atoms with Crippen molar-refractivity contribution in [2.24, 2.45) is 17.4 Å². The second kappa shape index (κ2) is 14.3. The molecule has 4 unspecified atom stereocenters. The molecule has 0 aliphatic carbocycles. The van der Waals surface area contributed by atoms with Crippen LogP contribution in [0.5, 0.6) is 0 Å². The summed E-state index contributed by atoms with van der Waals surface area (Å²) in [5.74, 6) is -5.95. The number of carboxylic acid groups (broad SMARTS) is 2. The molecule has 13 heteroatoms. The average Bonchev–Trinajstić information content (AvgIpc) is 2.68. The number of unbranched alkanes of at least 4 members (excludes halogenated alkanes) is 1. The van der Waals surface area contributed by atoms with E-state index in [1.54, 1.807) is 13.8 Å². The Balaban J connectivity index is 5.17. The molecule has 0 aromatic rings. The lowest BCUT2D eigenvalue weighted by molar-refractivity contribution is -0.144. The number of carbonyl (C=O) groups excluding carboxylic acids is 3. The van der Waals surface area contributed by atoms with E-state index in [2.05, 4.69) is 16.0 Å². The molecule has 4 atom stereocenters. The number of nitrogens with two attached hydrogens (primary N) is 2. The highest BCUT2D eigenvalue weighted by atomic mass is 16.4. The Hall–Kier alpha value is -2.77. The van der Waals surface area contributed by atoms with Crippen LogP contribution in [0.1, 0.15) is 39.5 Å². The summed E-state index contributed by atoms with van der Waals surface area (Å²) in [5, 5.41) is 34.2. The smallest absolute Gasteiger partial charge is 0.326 e. The molecule has 178 valence electrons. The maximum absolute atomic E-state index is 12.5. The maximum atomic E-state index is 12.5. The van der Waals surface area contributed by atoms with Crippen molar-refractivity contribution in [2.75, 3.05) is 13.2 Å². The van der Waals surface area contributed by atoms with Crippen LogP contribution in [0.25, 0.3) is 0 Å². The molecule has 13 nitrogen and oxygen atoms in total. The van der Waals surface area contributed by atoms with Crippen molar-refractivity contribution in [3.63, 3.8) is 0 Å². The van der Waals surface area contributed by atoms with Gasteiger partial charge in [0.2, 0.25) is 17.7 Å². The summed E-state index contributed by atoms with van der Waals surface area (Å²) in [6.45, 7) is 2.65. The number of aliphatic hydroxyl groups is 1. The summed E-state index contributed by atoms with van der Waals surface area (Å²) in [6.07, 6.45) is 0.684. The summed E-state index contributed by atoms with van der Waals surface area (Å²) in [6, 6.07) is -5.37. The van der Waals surface area contributed by atoms with E-state index in [1.807, 2.05) is 0 Å². The van der Waals surface area contributed by atoms with Crippen molar-refractivity contribution < 1.29 is 39.3 Å². The van der Waals surface area contributed by atoms with Gasteiger partial charge in [0, 0.05) is 0 Å². The molecule has 0 aliphatic rings. The molecule has 31 heavy (non-hydrogen) atoms. The second-order valence-electron chi connectivity index (χ2n) is 7.36. The zero-order valence-corrected chi connectivity index (χ0v) is 17.7. The fourth-order valence-corrected chi connectivity index (χ4v) is 2.54. The molecule has 10 N–H and O–H groups in total. The number of carbonyl (C=O) groups is 5. The van der Waals surface area contributed by atoms with Gasteiger partial charge in [0.1, 0.15) is 18.1 Å². The molecule has 0 spiro atoms. The van der Waals surface area contributed by atoms with Crippen molar-refractivity contribution in [3.8, 4) is 0 Å². The van der Waals surface area contributed by atoms with Gasteiger partial charge in [-0.2, -0.15) is 0 Å². The first-order valence-electron chi connectivity index (χ1n) is 9.86. The summed E-state index contributed by atoms with van der Waals surface area (Å²) in [7, 11) is 0. The number of amides is 3. The van der Waals surface area contributed by atoms with Crippen molar-refractivity contribution in [2.45, 2.75) is 63.7 Å². The molecule has 0 aromatic carbocycles. The summed E-state index contributed by atoms with van der Waals surface area (Å²) in [5.41, 5.74) is 11.1. The van der Waals surface area contributed by atoms with Crippen LogP contribution in [-0.4, -0.2) is 82.3 Å². The van der Waals surface area contributed by atoms with Crippen molar-refractivity contribution >= 4 is 29.7 Å². The van der Waals surface area contributed by atoms with Gasteiger partial charge in [0.25, 0.3) is 0 Å². The number of nitrogens with one attached hydrogen (secondary N) is 3.